The number of piperidine rings is 1. The molecule has 2 aromatic heterocycles. The molecule has 1 aromatic carbocycles. The lowest BCUT2D eigenvalue weighted by Crippen LogP contribution is -2.41. The number of benzene rings is 1. The molecule has 1 unspecified atom stereocenters. The van der Waals surface area contributed by atoms with Gasteiger partial charge in [0.25, 0.3) is 0 Å². The third kappa shape index (κ3) is 4.60. The first-order chi connectivity index (χ1) is 14.1. The van der Waals surface area contributed by atoms with Gasteiger partial charge in [-0.05, 0) is 30.2 Å². The fraction of sp³-hybridized carbons (Fsp3) is 0.350. The lowest BCUT2D eigenvalue weighted by Gasteiger charge is -2.31. The van der Waals surface area contributed by atoms with Crippen molar-refractivity contribution in [2.24, 2.45) is 0 Å². The predicted molar refractivity (Wildman–Crippen MR) is 107 cm³/mol. The zero-order valence-corrected chi connectivity index (χ0v) is 16.5. The molecule has 1 amide bonds. The lowest BCUT2D eigenvalue weighted by atomic mass is 10.0. The normalized spacial score (nSPS) is 17.1. The van der Waals surface area contributed by atoms with Crippen molar-refractivity contribution in [1.29, 1.82) is 0 Å². The second-order valence-corrected chi connectivity index (χ2v) is 7.31. The Kier molecular flexibility index (Phi) is 5.82. The number of carbonyl (C=O) groups excluding carboxylic acids is 2. The van der Waals surface area contributed by atoms with Crippen LogP contribution in [0.4, 0.5) is 0 Å². The summed E-state index contributed by atoms with van der Waals surface area (Å²) in [6.07, 6.45) is 6.58. The minimum Gasteiger partial charge on any atom is -0.370 e. The van der Waals surface area contributed by atoms with Crippen LogP contribution in [0.5, 0.6) is 0 Å². The maximum Gasteiger partial charge on any atom is 0.247 e. The zero-order chi connectivity index (χ0) is 20.2. The fourth-order valence-electron chi connectivity index (χ4n) is 3.42. The van der Waals surface area contributed by atoms with E-state index in [2.05, 4.69) is 15.1 Å². The number of fused-ring (bicyclic) bond motifs is 1. The SMILES string of the molecule is O=C(Cl)COCCN1CCC(n2cc(-c3cnc4ccccc4n3)cn2)CC1=O. The Labute approximate surface area is 172 Å². The summed E-state index contributed by atoms with van der Waals surface area (Å²) in [5, 5.41) is 3.91. The van der Waals surface area contributed by atoms with Crippen LogP contribution in [0.3, 0.4) is 0 Å². The number of carbonyl (C=O) groups is 2. The number of hydrogen-bond donors (Lipinski definition) is 0. The molecule has 1 fully saturated rings. The van der Waals surface area contributed by atoms with E-state index in [0.29, 0.717) is 26.1 Å². The topological polar surface area (TPSA) is 90.2 Å². The van der Waals surface area contributed by atoms with Gasteiger partial charge in [0, 0.05) is 31.3 Å². The van der Waals surface area contributed by atoms with Gasteiger partial charge in [-0.1, -0.05) is 12.1 Å². The Morgan fingerprint density at radius 3 is 2.86 bits per heavy atom. The van der Waals surface area contributed by atoms with Crippen LogP contribution in [0.15, 0.2) is 42.9 Å². The average molecular weight is 414 g/mol. The average Bonchev–Trinajstić information content (AvgIpc) is 3.22. The highest BCUT2D eigenvalue weighted by molar-refractivity contribution is 6.63. The summed E-state index contributed by atoms with van der Waals surface area (Å²) in [5.74, 6) is 0.0459. The summed E-state index contributed by atoms with van der Waals surface area (Å²) in [7, 11) is 0. The minimum atomic E-state index is -0.541. The van der Waals surface area contributed by atoms with E-state index in [0.717, 1.165) is 28.7 Å². The Morgan fingerprint density at radius 1 is 1.24 bits per heavy atom. The lowest BCUT2D eigenvalue weighted by molar-refractivity contribution is -0.135. The van der Waals surface area contributed by atoms with E-state index in [4.69, 9.17) is 16.3 Å². The molecule has 3 heterocycles. The number of ether oxygens (including phenoxy) is 1. The highest BCUT2D eigenvalue weighted by Gasteiger charge is 2.27. The van der Waals surface area contributed by atoms with E-state index in [1.165, 1.54) is 0 Å². The molecule has 1 aliphatic rings. The first-order valence-corrected chi connectivity index (χ1v) is 9.78. The highest BCUT2D eigenvalue weighted by Crippen LogP contribution is 2.25. The Hall–Kier alpha value is -2.84. The Balaban J connectivity index is 1.38. The third-order valence-electron chi connectivity index (χ3n) is 4.94. The van der Waals surface area contributed by atoms with Gasteiger partial charge in [0.15, 0.2) is 0 Å². The minimum absolute atomic E-state index is 0.00579. The van der Waals surface area contributed by atoms with Gasteiger partial charge >= 0.3 is 0 Å². The summed E-state index contributed by atoms with van der Waals surface area (Å²) in [6, 6.07) is 7.72. The number of halogens is 1. The smallest absolute Gasteiger partial charge is 0.247 e. The molecule has 9 heteroatoms. The molecule has 0 radical (unpaired) electrons. The van der Waals surface area contributed by atoms with E-state index < -0.39 is 5.24 Å². The number of nitrogens with zero attached hydrogens (tertiary/aromatic N) is 5. The standard InChI is InChI=1S/C20H20ClN5O3/c21-19(27)13-29-8-7-25-6-5-15(9-20(25)28)26-12-14(10-23-26)18-11-22-16-3-1-2-4-17(16)24-18/h1-4,10-12,15H,5-9,13H2. The maximum atomic E-state index is 12.4. The summed E-state index contributed by atoms with van der Waals surface area (Å²) in [6.45, 7) is 1.22. The molecule has 1 aliphatic heterocycles. The van der Waals surface area contributed by atoms with Crippen molar-refractivity contribution >= 4 is 33.8 Å². The van der Waals surface area contributed by atoms with Crippen molar-refractivity contribution in [3.05, 3.63) is 42.9 Å². The van der Waals surface area contributed by atoms with E-state index in [9.17, 15) is 9.59 Å². The summed E-state index contributed by atoms with van der Waals surface area (Å²) < 4.78 is 6.97. The molecular weight excluding hydrogens is 394 g/mol. The number of hydrogen-bond acceptors (Lipinski definition) is 6. The second kappa shape index (κ2) is 8.67. The molecule has 1 saturated heterocycles. The third-order valence-corrected chi connectivity index (χ3v) is 5.05. The van der Waals surface area contributed by atoms with Gasteiger partial charge in [0.05, 0.1) is 41.8 Å². The van der Waals surface area contributed by atoms with Crippen molar-refractivity contribution in [3.63, 3.8) is 0 Å². The second-order valence-electron chi connectivity index (χ2n) is 6.89. The molecule has 29 heavy (non-hydrogen) atoms. The number of rotatable bonds is 7. The Morgan fingerprint density at radius 2 is 2.07 bits per heavy atom. The Bertz CT molecular complexity index is 1040. The number of aromatic nitrogens is 4. The molecule has 3 aromatic rings. The maximum absolute atomic E-state index is 12.4. The van der Waals surface area contributed by atoms with Crippen LogP contribution in [-0.2, 0) is 14.3 Å². The number of para-hydroxylation sites is 2. The van der Waals surface area contributed by atoms with Crippen LogP contribution in [0, 0.1) is 0 Å². The van der Waals surface area contributed by atoms with Crippen molar-refractivity contribution < 1.29 is 14.3 Å². The van der Waals surface area contributed by atoms with E-state index in [-0.39, 0.29) is 18.6 Å². The molecule has 1 atom stereocenters. The van der Waals surface area contributed by atoms with E-state index >= 15 is 0 Å². The molecule has 0 saturated carbocycles. The molecule has 0 N–H and O–H groups in total. The van der Waals surface area contributed by atoms with Crippen molar-refractivity contribution in [1.82, 2.24) is 24.6 Å². The summed E-state index contributed by atoms with van der Waals surface area (Å²) >= 11 is 5.23. The molecular formula is C20H20ClN5O3. The van der Waals surface area contributed by atoms with Gasteiger partial charge < -0.3 is 9.64 Å². The van der Waals surface area contributed by atoms with Crippen LogP contribution in [0.1, 0.15) is 18.9 Å². The summed E-state index contributed by atoms with van der Waals surface area (Å²) in [4.78, 5) is 34.0. The predicted octanol–water partition coefficient (Wildman–Crippen LogP) is 2.44. The monoisotopic (exact) mass is 413 g/mol. The first-order valence-electron chi connectivity index (χ1n) is 9.40. The first kappa shape index (κ1) is 19.5. The highest BCUT2D eigenvalue weighted by atomic mass is 35.5. The van der Waals surface area contributed by atoms with E-state index in [1.807, 2.05) is 35.1 Å². The van der Waals surface area contributed by atoms with Gasteiger partial charge in [-0.25, -0.2) is 4.98 Å². The van der Waals surface area contributed by atoms with E-state index in [1.54, 1.807) is 17.3 Å². The summed E-state index contributed by atoms with van der Waals surface area (Å²) in [5.41, 5.74) is 3.31. The number of likely N-dealkylation sites (tertiary alicyclic amines) is 1. The molecule has 8 nitrogen and oxygen atoms in total. The van der Waals surface area contributed by atoms with Crippen molar-refractivity contribution in [3.8, 4) is 11.3 Å². The van der Waals surface area contributed by atoms with Crippen LogP contribution in [-0.4, -0.2) is 62.1 Å². The van der Waals surface area contributed by atoms with Crippen molar-refractivity contribution in [2.45, 2.75) is 18.9 Å². The van der Waals surface area contributed by atoms with Gasteiger partial charge in [0.1, 0.15) is 6.61 Å². The largest absolute Gasteiger partial charge is 0.370 e. The van der Waals surface area contributed by atoms with Gasteiger partial charge in [0.2, 0.25) is 11.1 Å². The quantitative estimate of drug-likeness (QED) is 0.436. The van der Waals surface area contributed by atoms with Gasteiger partial charge in [-0.2, -0.15) is 5.10 Å². The van der Waals surface area contributed by atoms with Crippen LogP contribution < -0.4 is 0 Å². The molecule has 0 bridgehead atoms. The van der Waals surface area contributed by atoms with Gasteiger partial charge in [-0.15, -0.1) is 0 Å². The number of amides is 1. The molecule has 4 rings (SSSR count). The molecule has 0 aliphatic carbocycles. The molecule has 150 valence electrons. The van der Waals surface area contributed by atoms with Crippen LogP contribution in [0.2, 0.25) is 0 Å². The van der Waals surface area contributed by atoms with Gasteiger partial charge in [-0.3, -0.25) is 19.3 Å². The van der Waals surface area contributed by atoms with Crippen molar-refractivity contribution in [2.75, 3.05) is 26.3 Å². The van der Waals surface area contributed by atoms with Crippen LogP contribution in [0.25, 0.3) is 22.3 Å². The molecule has 0 spiro atoms. The fourth-order valence-corrected chi connectivity index (χ4v) is 3.50. The zero-order valence-electron chi connectivity index (χ0n) is 15.7. The van der Waals surface area contributed by atoms with Crippen LogP contribution >= 0.6 is 11.6 Å².